The lowest BCUT2D eigenvalue weighted by atomic mass is 9.98. The van der Waals surface area contributed by atoms with Crippen LogP contribution in [0.1, 0.15) is 47.2 Å². The van der Waals surface area contributed by atoms with Gasteiger partial charge in [0, 0.05) is 5.56 Å². The average molecular weight is 242 g/mol. The largest absolute Gasteiger partial charge is 0.334 e. The molecule has 1 fully saturated rings. The normalized spacial score (nSPS) is 17.2. The van der Waals surface area contributed by atoms with Gasteiger partial charge < -0.3 is 5.32 Å². The molecule has 1 aromatic rings. The van der Waals surface area contributed by atoms with Crippen molar-refractivity contribution < 1.29 is 4.79 Å². The van der Waals surface area contributed by atoms with E-state index in [1.807, 2.05) is 32.0 Å². The lowest BCUT2D eigenvalue weighted by Crippen LogP contribution is -2.45. The van der Waals surface area contributed by atoms with E-state index in [0.29, 0.717) is 5.56 Å². The monoisotopic (exact) mass is 242 g/mol. The summed E-state index contributed by atoms with van der Waals surface area (Å²) in [7, 11) is 0. The Balaban J connectivity index is 2.17. The molecule has 0 heterocycles. The molecule has 2 rings (SSSR count). The third-order valence-electron chi connectivity index (χ3n) is 3.79. The highest BCUT2D eigenvalue weighted by atomic mass is 16.1. The Morgan fingerprint density at radius 3 is 2.50 bits per heavy atom. The van der Waals surface area contributed by atoms with Crippen molar-refractivity contribution in [3.8, 4) is 6.07 Å². The number of nitrogens with one attached hydrogen (secondary N) is 1. The highest BCUT2D eigenvalue weighted by Crippen LogP contribution is 2.29. The molecule has 1 saturated carbocycles. The summed E-state index contributed by atoms with van der Waals surface area (Å²) in [5.74, 6) is -0.137. The number of nitriles is 1. The lowest BCUT2D eigenvalue weighted by molar-refractivity contribution is 0.0920. The van der Waals surface area contributed by atoms with E-state index >= 15 is 0 Å². The molecule has 3 heteroatoms. The van der Waals surface area contributed by atoms with Gasteiger partial charge in [-0.25, -0.2) is 0 Å². The molecule has 0 aliphatic heterocycles. The first-order valence-corrected chi connectivity index (χ1v) is 6.37. The summed E-state index contributed by atoms with van der Waals surface area (Å²) in [6.45, 7) is 4.01. The smallest absolute Gasteiger partial charge is 0.252 e. The van der Waals surface area contributed by atoms with Gasteiger partial charge in [-0.1, -0.05) is 6.07 Å². The van der Waals surface area contributed by atoms with Crippen molar-refractivity contribution in [3.05, 3.63) is 34.9 Å². The van der Waals surface area contributed by atoms with Crippen molar-refractivity contribution in [2.24, 2.45) is 0 Å². The van der Waals surface area contributed by atoms with E-state index in [1.54, 1.807) is 0 Å². The number of benzene rings is 1. The van der Waals surface area contributed by atoms with E-state index in [2.05, 4.69) is 11.4 Å². The van der Waals surface area contributed by atoms with Gasteiger partial charge in [0.25, 0.3) is 5.91 Å². The molecule has 0 radical (unpaired) electrons. The Morgan fingerprint density at radius 2 is 1.94 bits per heavy atom. The maximum absolute atomic E-state index is 12.2. The third kappa shape index (κ3) is 2.38. The van der Waals surface area contributed by atoms with E-state index in [9.17, 15) is 10.1 Å². The zero-order chi connectivity index (χ0) is 13.2. The second-order valence-corrected chi connectivity index (χ2v) is 5.15. The summed E-state index contributed by atoms with van der Waals surface area (Å²) in [4.78, 5) is 12.2. The molecule has 0 bridgehead atoms. The van der Waals surface area contributed by atoms with Gasteiger partial charge in [-0.3, -0.25) is 4.79 Å². The molecule has 18 heavy (non-hydrogen) atoms. The highest BCUT2D eigenvalue weighted by molar-refractivity contribution is 5.95. The number of aryl methyl sites for hydroxylation is 2. The summed E-state index contributed by atoms with van der Waals surface area (Å²) >= 11 is 0. The first kappa shape index (κ1) is 12.6. The SMILES string of the molecule is Cc1ccc(C(=O)NC2(C#N)CCCC2)cc1C. The predicted molar refractivity (Wildman–Crippen MR) is 70.2 cm³/mol. The molecule has 94 valence electrons. The molecule has 3 nitrogen and oxygen atoms in total. The summed E-state index contributed by atoms with van der Waals surface area (Å²) in [6, 6.07) is 7.91. The number of hydrogen-bond acceptors (Lipinski definition) is 2. The van der Waals surface area contributed by atoms with Gasteiger partial charge in [-0.05, 0) is 62.8 Å². The number of amides is 1. The van der Waals surface area contributed by atoms with Crippen molar-refractivity contribution in [2.75, 3.05) is 0 Å². The standard InChI is InChI=1S/C15H18N2O/c1-11-5-6-13(9-12(11)2)14(18)17-15(10-16)7-3-4-8-15/h5-6,9H,3-4,7-8H2,1-2H3,(H,17,18). The maximum atomic E-state index is 12.2. The maximum Gasteiger partial charge on any atom is 0.252 e. The fraction of sp³-hybridized carbons (Fsp3) is 0.467. The van der Waals surface area contributed by atoms with Crippen LogP contribution in [0.15, 0.2) is 18.2 Å². The van der Waals surface area contributed by atoms with Gasteiger partial charge in [-0.15, -0.1) is 0 Å². The molecule has 0 saturated heterocycles. The molecule has 0 aromatic heterocycles. The molecule has 0 spiro atoms. The average Bonchev–Trinajstić information content (AvgIpc) is 2.82. The number of rotatable bonds is 2. The van der Waals surface area contributed by atoms with Crippen molar-refractivity contribution >= 4 is 5.91 Å². The number of hydrogen-bond donors (Lipinski definition) is 1. The van der Waals surface area contributed by atoms with E-state index in [1.165, 1.54) is 5.56 Å². The molecule has 1 aromatic carbocycles. The Labute approximate surface area is 108 Å². The van der Waals surface area contributed by atoms with E-state index in [-0.39, 0.29) is 5.91 Å². The quantitative estimate of drug-likeness (QED) is 0.867. The molecule has 1 aliphatic rings. The zero-order valence-electron chi connectivity index (χ0n) is 10.9. The second-order valence-electron chi connectivity index (χ2n) is 5.15. The fourth-order valence-corrected chi connectivity index (χ4v) is 2.42. The van der Waals surface area contributed by atoms with Crippen molar-refractivity contribution in [1.29, 1.82) is 5.26 Å². The zero-order valence-corrected chi connectivity index (χ0v) is 10.9. The molecule has 0 atom stereocenters. The fourth-order valence-electron chi connectivity index (χ4n) is 2.42. The Bertz CT molecular complexity index is 508. The summed E-state index contributed by atoms with van der Waals surface area (Å²) in [5.41, 5.74) is 2.26. The van der Waals surface area contributed by atoms with Crippen molar-refractivity contribution in [2.45, 2.75) is 45.1 Å². The topological polar surface area (TPSA) is 52.9 Å². The first-order valence-electron chi connectivity index (χ1n) is 6.37. The van der Waals surface area contributed by atoms with Crippen LogP contribution in [0.5, 0.6) is 0 Å². The highest BCUT2D eigenvalue weighted by Gasteiger charge is 2.35. The van der Waals surface area contributed by atoms with E-state index in [4.69, 9.17) is 0 Å². The van der Waals surface area contributed by atoms with Crippen LogP contribution >= 0.6 is 0 Å². The van der Waals surface area contributed by atoms with Crippen molar-refractivity contribution in [3.63, 3.8) is 0 Å². The van der Waals surface area contributed by atoms with Crippen molar-refractivity contribution in [1.82, 2.24) is 5.32 Å². The Hall–Kier alpha value is -1.82. The summed E-state index contributed by atoms with van der Waals surface area (Å²) in [6.07, 6.45) is 3.56. The van der Waals surface area contributed by atoms with Gasteiger partial charge in [-0.2, -0.15) is 5.26 Å². The third-order valence-corrected chi connectivity index (χ3v) is 3.79. The molecular weight excluding hydrogens is 224 g/mol. The van der Waals surface area contributed by atoms with Crippen LogP contribution < -0.4 is 5.32 Å². The van der Waals surface area contributed by atoms with Crippen LogP contribution in [0.25, 0.3) is 0 Å². The van der Waals surface area contributed by atoms with Crippen LogP contribution in [0, 0.1) is 25.2 Å². The molecule has 1 N–H and O–H groups in total. The first-order chi connectivity index (χ1) is 8.56. The number of nitrogens with zero attached hydrogens (tertiary/aromatic N) is 1. The van der Waals surface area contributed by atoms with Gasteiger partial charge in [0.15, 0.2) is 0 Å². The van der Waals surface area contributed by atoms with Crippen LogP contribution in [0.4, 0.5) is 0 Å². The van der Waals surface area contributed by atoms with Crippen LogP contribution in [0.2, 0.25) is 0 Å². The van der Waals surface area contributed by atoms with Crippen LogP contribution in [0.3, 0.4) is 0 Å². The Kier molecular flexibility index (Phi) is 3.38. The van der Waals surface area contributed by atoms with E-state index in [0.717, 1.165) is 31.2 Å². The van der Waals surface area contributed by atoms with Gasteiger partial charge in [0.1, 0.15) is 5.54 Å². The second kappa shape index (κ2) is 4.81. The van der Waals surface area contributed by atoms with E-state index < -0.39 is 5.54 Å². The summed E-state index contributed by atoms with van der Waals surface area (Å²) in [5, 5.41) is 12.2. The van der Waals surface area contributed by atoms with Gasteiger partial charge in [0.05, 0.1) is 6.07 Å². The molecule has 1 aliphatic carbocycles. The minimum atomic E-state index is -0.643. The Morgan fingerprint density at radius 1 is 1.28 bits per heavy atom. The van der Waals surface area contributed by atoms with Gasteiger partial charge in [0.2, 0.25) is 0 Å². The summed E-state index contributed by atoms with van der Waals surface area (Å²) < 4.78 is 0. The molecular formula is C15H18N2O. The van der Waals surface area contributed by atoms with Gasteiger partial charge >= 0.3 is 0 Å². The lowest BCUT2D eigenvalue weighted by Gasteiger charge is -2.22. The van der Waals surface area contributed by atoms with Crippen LogP contribution in [-0.2, 0) is 0 Å². The minimum Gasteiger partial charge on any atom is -0.334 e. The number of carbonyl (C=O) groups is 1. The molecule has 1 amide bonds. The number of carbonyl (C=O) groups excluding carboxylic acids is 1. The molecule has 0 unspecified atom stereocenters. The minimum absolute atomic E-state index is 0.137. The predicted octanol–water partition coefficient (Wildman–Crippen LogP) is 2.87. The van der Waals surface area contributed by atoms with Crippen LogP contribution in [-0.4, -0.2) is 11.4 Å².